The van der Waals surface area contributed by atoms with Crippen LogP contribution in [0, 0.1) is 0 Å². The Morgan fingerprint density at radius 1 is 1.23 bits per heavy atom. The fourth-order valence-corrected chi connectivity index (χ4v) is 2.78. The second kappa shape index (κ2) is 2.32. The van der Waals surface area contributed by atoms with Crippen LogP contribution in [-0.4, -0.2) is 14.3 Å². The number of anilines is 1. The number of amides is 1. The highest BCUT2D eigenvalue weighted by atomic mass is 32.2. The molecule has 0 aromatic heterocycles. The van der Waals surface area contributed by atoms with Gasteiger partial charge in [0.15, 0.2) is 0 Å². The Balaban J connectivity index is 2.75. The van der Waals surface area contributed by atoms with Gasteiger partial charge in [-0.3, -0.25) is 4.79 Å². The number of rotatable bonds is 0. The lowest BCUT2D eigenvalue weighted by Crippen LogP contribution is -2.37. The third-order valence-electron chi connectivity index (χ3n) is 1.90. The highest BCUT2D eigenvalue weighted by molar-refractivity contribution is 7.93. The maximum Gasteiger partial charge on any atom is 0.270 e. The predicted molar refractivity (Wildman–Crippen MR) is 46.8 cm³/mol. The summed E-state index contributed by atoms with van der Waals surface area (Å²) in [7, 11) is -3.57. The third kappa shape index (κ3) is 0.968. The minimum Gasteiger partial charge on any atom is -0.274 e. The van der Waals surface area contributed by atoms with Crippen LogP contribution in [0.15, 0.2) is 29.2 Å². The highest BCUT2D eigenvalue weighted by Crippen LogP contribution is 2.30. The van der Waals surface area contributed by atoms with Crippen LogP contribution in [0.5, 0.6) is 0 Å². The van der Waals surface area contributed by atoms with E-state index in [4.69, 9.17) is 0 Å². The number of benzene rings is 1. The zero-order valence-electron chi connectivity index (χ0n) is 6.89. The van der Waals surface area contributed by atoms with Crippen LogP contribution in [0.4, 0.5) is 5.69 Å². The van der Waals surface area contributed by atoms with Gasteiger partial charge in [-0.15, -0.1) is 0 Å². The Morgan fingerprint density at radius 3 is 2.08 bits per heavy atom. The van der Waals surface area contributed by atoms with Crippen molar-refractivity contribution < 1.29 is 13.2 Å². The molecular weight excluding hydrogens is 190 g/mol. The van der Waals surface area contributed by atoms with E-state index in [2.05, 4.69) is 0 Å². The number of hydrogen-bond donors (Lipinski definition) is 0. The van der Waals surface area contributed by atoms with Crippen molar-refractivity contribution >= 4 is 21.6 Å². The normalized spacial score (nSPS) is 17.5. The van der Waals surface area contributed by atoms with Gasteiger partial charge in [0.25, 0.3) is 10.0 Å². The second-order valence-electron chi connectivity index (χ2n) is 2.78. The van der Waals surface area contributed by atoms with Gasteiger partial charge in [0.1, 0.15) is 0 Å². The van der Waals surface area contributed by atoms with Crippen LogP contribution in [-0.2, 0) is 14.8 Å². The molecule has 0 unspecified atom stereocenters. The Morgan fingerprint density at radius 2 is 1.77 bits per heavy atom. The zero-order valence-corrected chi connectivity index (χ0v) is 7.71. The fraction of sp³-hybridized carbons (Fsp3) is 0.125. The molecule has 0 spiro atoms. The largest absolute Gasteiger partial charge is 0.274 e. The molecule has 1 aromatic carbocycles. The molecular formula is C8H7NO3S. The summed E-state index contributed by atoms with van der Waals surface area (Å²) in [4.78, 5) is 11.2. The molecule has 2 aliphatic heterocycles. The average molecular weight is 197 g/mol. The van der Waals surface area contributed by atoms with Gasteiger partial charge in [0.05, 0.1) is 10.6 Å². The predicted octanol–water partition coefficient (Wildman–Crippen LogP) is 0.742. The van der Waals surface area contributed by atoms with Gasteiger partial charge >= 0.3 is 0 Å². The number of sulfonamides is 1. The van der Waals surface area contributed by atoms with Crippen LogP contribution in [0.25, 0.3) is 0 Å². The quantitative estimate of drug-likeness (QED) is 0.616. The first-order valence-electron chi connectivity index (χ1n) is 3.69. The number of hydrogen-bond acceptors (Lipinski definition) is 3. The van der Waals surface area contributed by atoms with Crippen LogP contribution in [0.1, 0.15) is 6.92 Å². The summed E-state index contributed by atoms with van der Waals surface area (Å²) in [6, 6.07) is 6.20. The molecule has 0 N–H and O–H groups in total. The van der Waals surface area contributed by atoms with E-state index in [0.717, 1.165) is 4.31 Å². The lowest BCUT2D eigenvalue weighted by molar-refractivity contribution is -0.115. The summed E-state index contributed by atoms with van der Waals surface area (Å²) in [5.41, 5.74) is 0.405. The molecule has 0 saturated heterocycles. The van der Waals surface area contributed by atoms with E-state index >= 15 is 0 Å². The zero-order chi connectivity index (χ0) is 9.64. The standard InChI is InChI=1S/C8H7NO3S/c1-6(10)9-7-2-4-8(5-3-7)13(9,11)12/h2-5H,1H3. The van der Waals surface area contributed by atoms with Crippen molar-refractivity contribution in [3.05, 3.63) is 24.3 Å². The van der Waals surface area contributed by atoms with Crippen LogP contribution >= 0.6 is 0 Å². The summed E-state index contributed by atoms with van der Waals surface area (Å²) < 4.78 is 23.9. The first-order chi connectivity index (χ1) is 6.03. The number of fused-ring (bicyclic) bond motifs is 3. The minimum atomic E-state index is -3.57. The van der Waals surface area contributed by atoms with E-state index in [-0.39, 0.29) is 4.90 Å². The van der Waals surface area contributed by atoms with Crippen molar-refractivity contribution in [3.63, 3.8) is 0 Å². The minimum absolute atomic E-state index is 0.165. The summed E-state index contributed by atoms with van der Waals surface area (Å²) in [5, 5.41) is 0. The van der Waals surface area contributed by atoms with Crippen LogP contribution in [0.3, 0.4) is 0 Å². The molecule has 0 fully saturated rings. The van der Waals surface area contributed by atoms with Crippen molar-refractivity contribution in [2.45, 2.75) is 11.8 Å². The average Bonchev–Trinajstić information content (AvgIpc) is 2.03. The second-order valence-corrected chi connectivity index (χ2v) is 4.57. The van der Waals surface area contributed by atoms with E-state index < -0.39 is 15.9 Å². The topological polar surface area (TPSA) is 54.5 Å². The summed E-state index contributed by atoms with van der Waals surface area (Å²) in [6.45, 7) is 1.23. The van der Waals surface area contributed by atoms with Gasteiger partial charge < -0.3 is 0 Å². The van der Waals surface area contributed by atoms with Gasteiger partial charge in [-0.2, -0.15) is 0 Å². The van der Waals surface area contributed by atoms with E-state index in [1.807, 2.05) is 0 Å². The summed E-state index contributed by atoms with van der Waals surface area (Å²) >= 11 is 0. The molecule has 2 aliphatic rings. The van der Waals surface area contributed by atoms with Crippen molar-refractivity contribution in [2.75, 3.05) is 4.31 Å². The molecule has 5 heteroatoms. The van der Waals surface area contributed by atoms with E-state index in [1.165, 1.54) is 19.1 Å². The van der Waals surface area contributed by atoms with E-state index in [9.17, 15) is 13.2 Å². The molecule has 13 heavy (non-hydrogen) atoms. The monoisotopic (exact) mass is 197 g/mol. The molecule has 4 nitrogen and oxygen atoms in total. The van der Waals surface area contributed by atoms with Gasteiger partial charge in [-0.25, -0.2) is 12.7 Å². The molecule has 0 saturated carbocycles. The molecule has 0 radical (unpaired) electrons. The van der Waals surface area contributed by atoms with Crippen molar-refractivity contribution in [1.29, 1.82) is 0 Å². The maximum atomic E-state index is 11.6. The molecule has 0 aliphatic carbocycles. The molecule has 2 bridgehead atoms. The molecule has 1 amide bonds. The number of carbonyl (C=O) groups excluding carboxylic acids is 1. The first-order valence-corrected chi connectivity index (χ1v) is 5.13. The van der Waals surface area contributed by atoms with Crippen LogP contribution in [0.2, 0.25) is 0 Å². The Bertz CT molecular complexity index is 461. The van der Waals surface area contributed by atoms with Gasteiger partial charge in [0, 0.05) is 6.92 Å². The highest BCUT2D eigenvalue weighted by Gasteiger charge is 2.32. The Hall–Kier alpha value is -1.36. The maximum absolute atomic E-state index is 11.6. The van der Waals surface area contributed by atoms with Crippen molar-refractivity contribution in [1.82, 2.24) is 0 Å². The number of carbonyl (C=O) groups is 1. The van der Waals surface area contributed by atoms with Gasteiger partial charge in [-0.05, 0) is 24.3 Å². The molecule has 1 aromatic rings. The summed E-state index contributed by atoms with van der Waals surface area (Å²) in [6.07, 6.45) is 0. The van der Waals surface area contributed by atoms with E-state index in [0.29, 0.717) is 5.69 Å². The lowest BCUT2D eigenvalue weighted by atomic mass is 10.3. The van der Waals surface area contributed by atoms with Gasteiger partial charge in [-0.1, -0.05) is 0 Å². The fourth-order valence-electron chi connectivity index (χ4n) is 1.35. The Labute approximate surface area is 75.8 Å². The van der Waals surface area contributed by atoms with Gasteiger partial charge in [0.2, 0.25) is 5.91 Å². The lowest BCUT2D eigenvalue weighted by Gasteiger charge is -2.25. The molecule has 0 atom stereocenters. The molecule has 68 valence electrons. The number of nitrogens with zero attached hydrogens (tertiary/aromatic N) is 1. The summed E-state index contributed by atoms with van der Waals surface area (Å²) in [5.74, 6) is -0.485. The SMILES string of the molecule is CC(=O)N1c2ccc(cc2)S1(=O)=O. The van der Waals surface area contributed by atoms with Crippen LogP contribution < -0.4 is 4.31 Å². The third-order valence-corrected chi connectivity index (χ3v) is 3.71. The van der Waals surface area contributed by atoms with E-state index in [1.54, 1.807) is 12.1 Å². The van der Waals surface area contributed by atoms with Crippen molar-refractivity contribution in [2.24, 2.45) is 0 Å². The molecule has 3 rings (SSSR count). The molecule has 2 heterocycles. The smallest absolute Gasteiger partial charge is 0.270 e. The first kappa shape index (κ1) is 8.25. The van der Waals surface area contributed by atoms with Crippen molar-refractivity contribution in [3.8, 4) is 0 Å². The Kier molecular flexibility index (Phi) is 1.47.